The molecule has 0 fully saturated rings. The molecule has 0 saturated carbocycles. The van der Waals surface area contributed by atoms with Crippen molar-refractivity contribution >= 4 is 56.7 Å². The van der Waals surface area contributed by atoms with Crippen LogP contribution in [0.25, 0.3) is 16.6 Å². The fourth-order valence-corrected chi connectivity index (χ4v) is 4.54. The summed E-state index contributed by atoms with van der Waals surface area (Å²) in [5.41, 5.74) is 3.45. The number of benzene rings is 1. The van der Waals surface area contributed by atoms with E-state index in [2.05, 4.69) is 26.6 Å². The van der Waals surface area contributed by atoms with Gasteiger partial charge in [0.05, 0.1) is 30.0 Å². The predicted molar refractivity (Wildman–Crippen MR) is 117 cm³/mol. The second-order valence-electron chi connectivity index (χ2n) is 6.48. The molecule has 0 radical (unpaired) electrons. The highest BCUT2D eigenvalue weighted by atomic mass is 32.2. The van der Waals surface area contributed by atoms with Crippen molar-refractivity contribution < 1.29 is 14.3 Å². The number of anilines is 1. The molecule has 0 spiro atoms. The number of hydrogen-bond donors (Lipinski definition) is 1. The van der Waals surface area contributed by atoms with Gasteiger partial charge in [-0.1, -0.05) is 30.0 Å². The first kappa shape index (κ1) is 20.3. The molecule has 4 rings (SSSR count). The Bertz CT molecular complexity index is 1230. The highest BCUT2D eigenvalue weighted by Crippen LogP contribution is 2.26. The minimum Gasteiger partial charge on any atom is -0.466 e. The predicted octanol–water partition coefficient (Wildman–Crippen LogP) is 3.48. The van der Waals surface area contributed by atoms with Gasteiger partial charge in [-0.15, -0.1) is 21.5 Å². The van der Waals surface area contributed by atoms with Gasteiger partial charge in [0.25, 0.3) is 0 Å². The molecule has 0 bridgehead atoms. The van der Waals surface area contributed by atoms with E-state index in [4.69, 9.17) is 4.74 Å². The van der Waals surface area contributed by atoms with Gasteiger partial charge in [-0.05, 0) is 31.5 Å². The lowest BCUT2D eigenvalue weighted by atomic mass is 10.1. The fourth-order valence-electron chi connectivity index (χ4n) is 3.06. The highest BCUT2D eigenvalue weighted by molar-refractivity contribution is 7.99. The molecule has 0 aliphatic rings. The number of fused-ring (bicyclic) bond motifs is 3. The Hall–Kier alpha value is -2.98. The summed E-state index contributed by atoms with van der Waals surface area (Å²) in [5.74, 6) is -0.377. The Morgan fingerprint density at radius 2 is 2.10 bits per heavy atom. The molecule has 154 valence electrons. The van der Waals surface area contributed by atoms with Gasteiger partial charge in [-0.25, -0.2) is 4.98 Å². The number of nitrogens with zero attached hydrogens (tertiary/aromatic N) is 4. The summed E-state index contributed by atoms with van der Waals surface area (Å²) in [6.45, 7) is 4.13. The smallest absolute Gasteiger partial charge is 0.311 e. The number of rotatable bonds is 7. The third-order valence-electron chi connectivity index (χ3n) is 4.34. The Balaban J connectivity index is 1.43. The number of hydrogen-bond acceptors (Lipinski definition) is 8. The lowest BCUT2D eigenvalue weighted by Gasteiger charge is -2.07. The third-order valence-corrected chi connectivity index (χ3v) is 6.07. The molecule has 0 atom stereocenters. The molecule has 0 aliphatic carbocycles. The van der Waals surface area contributed by atoms with Crippen molar-refractivity contribution in [2.24, 2.45) is 0 Å². The van der Waals surface area contributed by atoms with Crippen molar-refractivity contribution in [3.63, 3.8) is 0 Å². The number of aromatic nitrogens is 4. The maximum atomic E-state index is 12.4. The molecule has 4 aromatic rings. The quantitative estimate of drug-likeness (QED) is 0.346. The van der Waals surface area contributed by atoms with E-state index in [1.165, 1.54) is 23.1 Å². The highest BCUT2D eigenvalue weighted by Gasteiger charge is 2.14. The van der Waals surface area contributed by atoms with Crippen LogP contribution in [0.2, 0.25) is 0 Å². The zero-order valence-corrected chi connectivity index (χ0v) is 18.0. The molecular formula is C20H19N5O3S2. The number of thiazole rings is 1. The van der Waals surface area contributed by atoms with Gasteiger partial charge in [-0.2, -0.15) is 0 Å². The van der Waals surface area contributed by atoms with Gasteiger partial charge < -0.3 is 10.1 Å². The number of carbonyl (C=O) groups is 2. The minimum absolute atomic E-state index is 0.0905. The summed E-state index contributed by atoms with van der Waals surface area (Å²) in [6, 6.07) is 10.0. The zero-order valence-electron chi connectivity index (χ0n) is 16.4. The van der Waals surface area contributed by atoms with E-state index in [1.807, 2.05) is 35.6 Å². The van der Waals surface area contributed by atoms with E-state index in [-0.39, 0.29) is 24.1 Å². The standard InChI is InChI=1S/C20H19N5O3S2/c1-3-28-18(27)9-13-10-29-19(21-13)22-17(26)11-30-20-24-23-16-8-12(2)14-6-4-5-7-15(14)25(16)20/h4-8,10H,3,9,11H2,1-2H3,(H,21,22,26). The first-order valence-corrected chi connectivity index (χ1v) is 11.2. The summed E-state index contributed by atoms with van der Waals surface area (Å²) in [6.07, 6.45) is 0.0905. The normalized spacial score (nSPS) is 11.1. The van der Waals surface area contributed by atoms with Crippen LogP contribution in [0, 0.1) is 6.92 Å². The van der Waals surface area contributed by atoms with E-state index in [9.17, 15) is 9.59 Å². The summed E-state index contributed by atoms with van der Waals surface area (Å²) in [7, 11) is 0. The second kappa shape index (κ2) is 8.80. The largest absolute Gasteiger partial charge is 0.466 e. The monoisotopic (exact) mass is 441 g/mol. The summed E-state index contributed by atoms with van der Waals surface area (Å²) in [4.78, 5) is 28.2. The van der Waals surface area contributed by atoms with E-state index in [0.29, 0.717) is 22.6 Å². The van der Waals surface area contributed by atoms with Crippen LogP contribution in [-0.4, -0.2) is 43.8 Å². The molecule has 0 aliphatic heterocycles. The second-order valence-corrected chi connectivity index (χ2v) is 8.28. The average molecular weight is 442 g/mol. The SMILES string of the molecule is CCOC(=O)Cc1csc(NC(=O)CSc2nnc3cc(C)c4ccccc4n23)n1. The number of aryl methyl sites for hydroxylation is 1. The molecule has 1 amide bonds. The van der Waals surface area contributed by atoms with Crippen LogP contribution in [0.1, 0.15) is 18.2 Å². The molecule has 1 aromatic carbocycles. The van der Waals surface area contributed by atoms with Crippen molar-refractivity contribution in [2.75, 3.05) is 17.7 Å². The number of para-hydroxylation sites is 1. The number of pyridine rings is 1. The van der Waals surface area contributed by atoms with Crippen LogP contribution >= 0.6 is 23.1 Å². The summed E-state index contributed by atoms with van der Waals surface area (Å²) < 4.78 is 6.87. The maximum absolute atomic E-state index is 12.4. The molecular weight excluding hydrogens is 422 g/mol. The van der Waals surface area contributed by atoms with Gasteiger partial charge in [0.2, 0.25) is 5.91 Å². The number of nitrogens with one attached hydrogen (secondary N) is 1. The van der Waals surface area contributed by atoms with Gasteiger partial charge in [-0.3, -0.25) is 14.0 Å². The van der Waals surface area contributed by atoms with E-state index >= 15 is 0 Å². The summed E-state index contributed by atoms with van der Waals surface area (Å²) >= 11 is 2.58. The topological polar surface area (TPSA) is 98.5 Å². The number of esters is 1. The van der Waals surface area contributed by atoms with Gasteiger partial charge in [0.15, 0.2) is 15.9 Å². The van der Waals surface area contributed by atoms with E-state index in [0.717, 1.165) is 22.1 Å². The van der Waals surface area contributed by atoms with Crippen molar-refractivity contribution in [2.45, 2.75) is 25.4 Å². The number of carbonyl (C=O) groups excluding carboxylic acids is 2. The lowest BCUT2D eigenvalue weighted by Crippen LogP contribution is -2.14. The van der Waals surface area contributed by atoms with Crippen LogP contribution in [0.3, 0.4) is 0 Å². The Labute approximate surface area is 180 Å². The van der Waals surface area contributed by atoms with E-state index < -0.39 is 0 Å². The van der Waals surface area contributed by atoms with Crippen molar-refractivity contribution in [1.82, 2.24) is 19.6 Å². The molecule has 1 N–H and O–H groups in total. The van der Waals surface area contributed by atoms with Crippen LogP contribution in [0.15, 0.2) is 40.9 Å². The van der Waals surface area contributed by atoms with Crippen molar-refractivity contribution in [3.8, 4) is 0 Å². The van der Waals surface area contributed by atoms with Crippen molar-refractivity contribution in [3.05, 3.63) is 47.0 Å². The van der Waals surface area contributed by atoms with Crippen LogP contribution in [0.5, 0.6) is 0 Å². The number of amides is 1. The molecule has 0 saturated heterocycles. The van der Waals surface area contributed by atoms with Crippen LogP contribution in [0.4, 0.5) is 5.13 Å². The van der Waals surface area contributed by atoms with Gasteiger partial charge >= 0.3 is 5.97 Å². The summed E-state index contributed by atoms with van der Waals surface area (Å²) in [5, 5.41) is 15.2. The van der Waals surface area contributed by atoms with Crippen molar-refractivity contribution in [1.29, 1.82) is 0 Å². The molecule has 3 aromatic heterocycles. The molecule has 8 nitrogen and oxygen atoms in total. The third kappa shape index (κ3) is 4.29. The van der Waals surface area contributed by atoms with E-state index in [1.54, 1.807) is 12.3 Å². The Morgan fingerprint density at radius 1 is 1.27 bits per heavy atom. The lowest BCUT2D eigenvalue weighted by molar-refractivity contribution is -0.142. The fraction of sp³-hybridized carbons (Fsp3) is 0.250. The molecule has 3 heterocycles. The number of ether oxygens (including phenoxy) is 1. The zero-order chi connectivity index (χ0) is 21.1. The molecule has 10 heteroatoms. The maximum Gasteiger partial charge on any atom is 0.311 e. The van der Waals surface area contributed by atoms with Gasteiger partial charge in [0.1, 0.15) is 0 Å². The average Bonchev–Trinajstić information content (AvgIpc) is 3.33. The first-order valence-electron chi connectivity index (χ1n) is 9.31. The molecule has 0 unspecified atom stereocenters. The Morgan fingerprint density at radius 3 is 2.93 bits per heavy atom. The molecule has 30 heavy (non-hydrogen) atoms. The van der Waals surface area contributed by atoms with Gasteiger partial charge in [0, 0.05) is 10.8 Å². The van der Waals surface area contributed by atoms with Crippen LogP contribution in [-0.2, 0) is 20.7 Å². The first-order chi connectivity index (χ1) is 14.5. The van der Waals surface area contributed by atoms with Crippen LogP contribution < -0.4 is 5.32 Å². The Kier molecular flexibility index (Phi) is 5.96. The number of thioether (sulfide) groups is 1. The minimum atomic E-state index is -0.336.